The molecule has 1 heterocycles. The van der Waals surface area contributed by atoms with Crippen LogP contribution in [0.5, 0.6) is 5.75 Å². The van der Waals surface area contributed by atoms with E-state index in [-0.39, 0.29) is 10.6 Å². The topological polar surface area (TPSA) is 67.6 Å². The van der Waals surface area contributed by atoms with Crippen molar-refractivity contribution in [3.8, 4) is 5.75 Å². The summed E-state index contributed by atoms with van der Waals surface area (Å²) < 4.78 is 5.58. The predicted molar refractivity (Wildman–Crippen MR) is 77.0 cm³/mol. The minimum Gasteiger partial charge on any atom is -0.494 e. The third-order valence-electron chi connectivity index (χ3n) is 3.40. The average molecular weight is 279 g/mol. The van der Waals surface area contributed by atoms with Gasteiger partial charge < -0.3 is 10.1 Å². The van der Waals surface area contributed by atoms with Gasteiger partial charge in [-0.05, 0) is 19.9 Å². The molecule has 1 N–H and O–H groups in total. The molecule has 6 heteroatoms. The molecule has 0 aliphatic carbocycles. The fourth-order valence-corrected chi connectivity index (χ4v) is 2.50. The third-order valence-corrected chi connectivity index (χ3v) is 3.40. The molecule has 1 aliphatic heterocycles. The molecule has 0 amide bonds. The maximum atomic E-state index is 10.9. The largest absolute Gasteiger partial charge is 0.494 e. The fraction of sp³-hybridized carbons (Fsp3) is 0.571. The highest BCUT2D eigenvalue weighted by Gasteiger charge is 2.19. The molecule has 1 saturated heterocycles. The molecule has 1 atom stereocenters. The molecular formula is C14H21N3O3. The minimum absolute atomic E-state index is 0.117. The van der Waals surface area contributed by atoms with Gasteiger partial charge in [-0.15, -0.1) is 0 Å². The van der Waals surface area contributed by atoms with E-state index in [1.54, 1.807) is 12.1 Å². The Morgan fingerprint density at radius 1 is 1.55 bits per heavy atom. The molecule has 1 aromatic carbocycles. The van der Waals surface area contributed by atoms with Gasteiger partial charge in [-0.25, -0.2) is 0 Å². The lowest BCUT2D eigenvalue weighted by Gasteiger charge is -2.32. The van der Waals surface area contributed by atoms with E-state index in [0.717, 1.165) is 30.9 Å². The maximum absolute atomic E-state index is 10.9. The van der Waals surface area contributed by atoms with Crippen LogP contribution in [0.2, 0.25) is 0 Å². The molecule has 1 aromatic rings. The number of hydrogen-bond donors (Lipinski definition) is 1. The molecule has 1 fully saturated rings. The normalized spacial score (nSPS) is 19.8. The van der Waals surface area contributed by atoms with Gasteiger partial charge in [-0.2, -0.15) is 0 Å². The molecule has 2 rings (SSSR count). The Hall–Kier alpha value is -1.66. The molecule has 1 aliphatic rings. The van der Waals surface area contributed by atoms with Gasteiger partial charge in [0.25, 0.3) is 5.69 Å². The molecule has 0 bridgehead atoms. The molecule has 6 nitrogen and oxygen atoms in total. The molecule has 0 unspecified atom stereocenters. The smallest absolute Gasteiger partial charge is 0.270 e. The van der Waals surface area contributed by atoms with Crippen LogP contribution in [0.4, 0.5) is 5.69 Å². The summed E-state index contributed by atoms with van der Waals surface area (Å²) in [4.78, 5) is 12.8. The maximum Gasteiger partial charge on any atom is 0.270 e. The van der Waals surface area contributed by atoms with Crippen LogP contribution < -0.4 is 10.1 Å². The second-order valence-corrected chi connectivity index (χ2v) is 5.07. The zero-order chi connectivity index (χ0) is 14.5. The van der Waals surface area contributed by atoms with Crippen molar-refractivity contribution < 1.29 is 9.66 Å². The lowest BCUT2D eigenvalue weighted by molar-refractivity contribution is -0.385. The van der Waals surface area contributed by atoms with Crippen LogP contribution in [-0.4, -0.2) is 42.1 Å². The monoisotopic (exact) mass is 279 g/mol. The highest BCUT2D eigenvalue weighted by molar-refractivity contribution is 5.43. The number of nitro benzene ring substituents is 1. The first-order valence-corrected chi connectivity index (χ1v) is 6.96. The van der Waals surface area contributed by atoms with E-state index in [9.17, 15) is 10.1 Å². The molecule has 0 spiro atoms. The Labute approximate surface area is 118 Å². The summed E-state index contributed by atoms with van der Waals surface area (Å²) >= 11 is 0. The third kappa shape index (κ3) is 3.68. The minimum atomic E-state index is -0.361. The zero-order valence-corrected chi connectivity index (χ0v) is 12.0. The first-order valence-electron chi connectivity index (χ1n) is 6.96. The Bertz CT molecular complexity index is 479. The van der Waals surface area contributed by atoms with Gasteiger partial charge in [0.1, 0.15) is 5.75 Å². The molecule has 20 heavy (non-hydrogen) atoms. The van der Waals surface area contributed by atoms with Crippen molar-refractivity contribution in [3.63, 3.8) is 0 Å². The first kappa shape index (κ1) is 14.7. The highest BCUT2D eigenvalue weighted by Crippen LogP contribution is 2.26. The van der Waals surface area contributed by atoms with Crippen molar-refractivity contribution in [2.75, 3.05) is 26.2 Å². The van der Waals surface area contributed by atoms with Crippen LogP contribution in [0.3, 0.4) is 0 Å². The van der Waals surface area contributed by atoms with Gasteiger partial charge in [0.05, 0.1) is 11.5 Å². The quantitative estimate of drug-likeness (QED) is 0.657. The van der Waals surface area contributed by atoms with Crippen LogP contribution in [0.1, 0.15) is 19.4 Å². The number of ether oxygens (including phenoxy) is 1. The summed E-state index contributed by atoms with van der Waals surface area (Å²) in [5, 5.41) is 14.3. The number of non-ortho nitro benzene ring substituents is 1. The second-order valence-electron chi connectivity index (χ2n) is 5.07. The lowest BCUT2D eigenvalue weighted by atomic mass is 10.1. The summed E-state index contributed by atoms with van der Waals surface area (Å²) in [5.74, 6) is 0.740. The van der Waals surface area contributed by atoms with Crippen molar-refractivity contribution in [1.82, 2.24) is 10.2 Å². The van der Waals surface area contributed by atoms with Gasteiger partial charge in [-0.1, -0.05) is 0 Å². The fourth-order valence-electron chi connectivity index (χ4n) is 2.50. The van der Waals surface area contributed by atoms with Crippen LogP contribution in [0.15, 0.2) is 18.2 Å². The number of nitro groups is 1. The van der Waals surface area contributed by atoms with Gasteiger partial charge in [0, 0.05) is 49.9 Å². The van der Waals surface area contributed by atoms with E-state index in [4.69, 9.17) is 4.74 Å². The number of hydrogen-bond acceptors (Lipinski definition) is 5. The van der Waals surface area contributed by atoms with E-state index in [1.807, 2.05) is 6.92 Å². The van der Waals surface area contributed by atoms with Crippen molar-refractivity contribution in [2.45, 2.75) is 26.4 Å². The van der Waals surface area contributed by atoms with E-state index in [2.05, 4.69) is 17.1 Å². The summed E-state index contributed by atoms with van der Waals surface area (Å²) in [6, 6.07) is 5.26. The van der Waals surface area contributed by atoms with E-state index in [0.29, 0.717) is 19.2 Å². The van der Waals surface area contributed by atoms with Crippen molar-refractivity contribution >= 4 is 5.69 Å². The molecular weight excluding hydrogens is 258 g/mol. The van der Waals surface area contributed by atoms with Crippen LogP contribution in [0.25, 0.3) is 0 Å². The molecule has 0 radical (unpaired) electrons. The number of nitrogens with zero attached hydrogens (tertiary/aromatic N) is 2. The summed E-state index contributed by atoms with van der Waals surface area (Å²) in [5.41, 5.74) is 1.00. The molecule has 0 aromatic heterocycles. The van der Waals surface area contributed by atoms with Crippen LogP contribution >= 0.6 is 0 Å². The number of benzene rings is 1. The van der Waals surface area contributed by atoms with Crippen molar-refractivity contribution in [2.24, 2.45) is 0 Å². The second kappa shape index (κ2) is 6.67. The van der Waals surface area contributed by atoms with Crippen LogP contribution in [-0.2, 0) is 6.54 Å². The summed E-state index contributed by atoms with van der Waals surface area (Å²) in [6.45, 7) is 8.12. The van der Waals surface area contributed by atoms with Gasteiger partial charge >= 0.3 is 0 Å². The SMILES string of the molecule is CCOc1ccc([N+](=O)[O-])cc1CN1CCN[C@@H](C)C1. The van der Waals surface area contributed by atoms with Crippen molar-refractivity contribution in [1.29, 1.82) is 0 Å². The Kier molecular flexibility index (Phi) is 4.92. The lowest BCUT2D eigenvalue weighted by Crippen LogP contribution is -2.48. The number of nitrogens with one attached hydrogen (secondary N) is 1. The first-order chi connectivity index (χ1) is 9.60. The number of piperazine rings is 1. The van der Waals surface area contributed by atoms with Gasteiger partial charge in [0.15, 0.2) is 0 Å². The number of rotatable bonds is 5. The van der Waals surface area contributed by atoms with E-state index in [1.165, 1.54) is 6.07 Å². The Morgan fingerprint density at radius 2 is 2.35 bits per heavy atom. The highest BCUT2D eigenvalue weighted by atomic mass is 16.6. The Morgan fingerprint density at radius 3 is 3.00 bits per heavy atom. The van der Waals surface area contributed by atoms with Crippen molar-refractivity contribution in [3.05, 3.63) is 33.9 Å². The Balaban J connectivity index is 2.18. The standard InChI is InChI=1S/C14H21N3O3/c1-3-20-14-5-4-13(17(18)19)8-12(14)10-16-7-6-15-11(2)9-16/h4-5,8,11,15H,3,6-7,9-10H2,1-2H3/t11-/m0/s1. The average Bonchev–Trinajstić information content (AvgIpc) is 2.41. The van der Waals surface area contributed by atoms with Crippen LogP contribution in [0, 0.1) is 10.1 Å². The predicted octanol–water partition coefficient (Wildman–Crippen LogP) is 1.79. The van der Waals surface area contributed by atoms with E-state index >= 15 is 0 Å². The van der Waals surface area contributed by atoms with Gasteiger partial charge in [0.2, 0.25) is 0 Å². The zero-order valence-electron chi connectivity index (χ0n) is 12.0. The van der Waals surface area contributed by atoms with E-state index < -0.39 is 0 Å². The van der Waals surface area contributed by atoms with Gasteiger partial charge in [-0.3, -0.25) is 15.0 Å². The molecule has 110 valence electrons. The summed E-state index contributed by atoms with van der Waals surface area (Å²) in [6.07, 6.45) is 0. The molecule has 0 saturated carbocycles. The summed E-state index contributed by atoms with van der Waals surface area (Å²) in [7, 11) is 0.